The Kier molecular flexibility index (Phi) is 6.87. The van der Waals surface area contributed by atoms with Gasteiger partial charge in [0, 0.05) is 40.6 Å². The van der Waals surface area contributed by atoms with E-state index in [-0.39, 0.29) is 0 Å². The van der Waals surface area contributed by atoms with Crippen LogP contribution < -0.4 is 10.0 Å². The van der Waals surface area contributed by atoms with Gasteiger partial charge < -0.3 is 19.2 Å². The number of fused-ring (bicyclic) bond motifs is 1. The third-order valence-corrected chi connectivity index (χ3v) is 6.29. The molecule has 0 radical (unpaired) electrons. The predicted molar refractivity (Wildman–Crippen MR) is 122 cm³/mol. The minimum atomic E-state index is 0.782. The highest BCUT2D eigenvalue weighted by Crippen LogP contribution is 2.32. The third-order valence-electron chi connectivity index (χ3n) is 5.05. The van der Waals surface area contributed by atoms with Gasteiger partial charge in [0.05, 0.1) is 25.2 Å². The molecule has 2 N–H and O–H groups in total. The minimum absolute atomic E-state index is 0.782. The third kappa shape index (κ3) is 5.39. The fourth-order valence-corrected chi connectivity index (χ4v) is 4.29. The van der Waals surface area contributed by atoms with Gasteiger partial charge in [0.2, 0.25) is 0 Å². The Morgan fingerprint density at radius 2 is 2.00 bits per heavy atom. The summed E-state index contributed by atoms with van der Waals surface area (Å²) in [6.07, 6.45) is 2.82. The summed E-state index contributed by atoms with van der Waals surface area (Å²) in [5, 5.41) is 5.41. The number of nitrogens with one attached hydrogen (secondary N) is 2. The van der Waals surface area contributed by atoms with Crippen molar-refractivity contribution in [3.63, 3.8) is 0 Å². The minimum Gasteiger partial charge on any atom is -0.462 e. The molecule has 1 aliphatic rings. The summed E-state index contributed by atoms with van der Waals surface area (Å²) < 4.78 is 14.5. The molecule has 154 valence electrons. The Morgan fingerprint density at radius 3 is 2.83 bits per heavy atom. The summed E-state index contributed by atoms with van der Waals surface area (Å²) in [6, 6.07) is 12.3. The lowest BCUT2D eigenvalue weighted by Gasteiger charge is -2.26. The molecule has 0 bridgehead atoms. The Balaban J connectivity index is 1.37. The fourth-order valence-electron chi connectivity index (χ4n) is 3.38. The van der Waals surface area contributed by atoms with E-state index in [1.807, 2.05) is 25.1 Å². The van der Waals surface area contributed by atoms with E-state index in [1.165, 1.54) is 0 Å². The largest absolute Gasteiger partial charge is 0.462 e. The summed E-state index contributed by atoms with van der Waals surface area (Å²) in [4.78, 5) is 3.53. The van der Waals surface area contributed by atoms with Gasteiger partial charge in [0.1, 0.15) is 0 Å². The molecule has 2 heterocycles. The number of rotatable bonds is 8. The maximum atomic E-state index is 6.24. The first-order valence-corrected chi connectivity index (χ1v) is 11.1. The van der Waals surface area contributed by atoms with Gasteiger partial charge in [-0.25, -0.2) is 0 Å². The van der Waals surface area contributed by atoms with Crippen LogP contribution in [0.5, 0.6) is 0 Å². The normalized spacial score (nSPS) is 15.0. The van der Waals surface area contributed by atoms with Crippen LogP contribution in [-0.4, -0.2) is 44.3 Å². The van der Waals surface area contributed by atoms with Crippen molar-refractivity contribution in [2.45, 2.75) is 18.2 Å². The summed E-state index contributed by atoms with van der Waals surface area (Å²) in [6.45, 7) is 7.74. The van der Waals surface area contributed by atoms with E-state index in [2.05, 4.69) is 33.1 Å². The molecule has 1 fully saturated rings. The molecular formula is C22H26ClN3O2S. The Bertz CT molecular complexity index is 956. The monoisotopic (exact) mass is 431 g/mol. The van der Waals surface area contributed by atoms with Crippen molar-refractivity contribution >= 4 is 45.9 Å². The van der Waals surface area contributed by atoms with E-state index in [0.29, 0.717) is 0 Å². The number of anilines is 2. The number of benzene rings is 2. The maximum absolute atomic E-state index is 6.24. The van der Waals surface area contributed by atoms with Crippen molar-refractivity contribution in [3.05, 3.63) is 53.2 Å². The van der Waals surface area contributed by atoms with E-state index in [4.69, 9.17) is 20.8 Å². The summed E-state index contributed by atoms with van der Waals surface area (Å²) >= 11 is 7.79. The number of aryl methyl sites for hydroxylation is 1. The maximum Gasteiger partial charge on any atom is 0.157 e. The quantitative estimate of drug-likeness (QED) is 0.355. The predicted octanol–water partition coefficient (Wildman–Crippen LogP) is 5.65. The molecule has 29 heavy (non-hydrogen) atoms. The van der Waals surface area contributed by atoms with Gasteiger partial charge in [-0.15, -0.1) is 0 Å². The van der Waals surface area contributed by atoms with Gasteiger partial charge in [0.15, 0.2) is 5.58 Å². The lowest BCUT2D eigenvalue weighted by molar-refractivity contribution is 0.0378. The van der Waals surface area contributed by atoms with E-state index < -0.39 is 0 Å². The van der Waals surface area contributed by atoms with Gasteiger partial charge in [-0.3, -0.25) is 4.90 Å². The molecule has 0 atom stereocenters. The molecule has 5 nitrogen and oxygen atoms in total. The van der Waals surface area contributed by atoms with E-state index in [1.54, 1.807) is 18.2 Å². The topological polar surface area (TPSA) is 49.7 Å². The van der Waals surface area contributed by atoms with Crippen LogP contribution in [-0.2, 0) is 4.74 Å². The van der Waals surface area contributed by atoms with Crippen LogP contribution in [0.3, 0.4) is 0 Å². The van der Waals surface area contributed by atoms with Crippen molar-refractivity contribution in [2.24, 2.45) is 0 Å². The van der Waals surface area contributed by atoms with Gasteiger partial charge in [-0.05, 0) is 67.7 Å². The lowest BCUT2D eigenvalue weighted by atomic mass is 10.2. The zero-order chi connectivity index (χ0) is 20.1. The lowest BCUT2D eigenvalue weighted by Crippen LogP contribution is -2.37. The highest BCUT2D eigenvalue weighted by molar-refractivity contribution is 8.00. The molecule has 0 saturated carbocycles. The van der Waals surface area contributed by atoms with Crippen molar-refractivity contribution in [3.8, 4) is 0 Å². The van der Waals surface area contributed by atoms with Gasteiger partial charge in [-0.2, -0.15) is 0 Å². The van der Waals surface area contributed by atoms with Crippen molar-refractivity contribution in [1.82, 2.24) is 4.90 Å². The zero-order valence-corrected chi connectivity index (χ0v) is 18.1. The molecule has 0 spiro atoms. The molecule has 1 saturated heterocycles. The molecule has 0 aliphatic carbocycles. The number of morpholine rings is 1. The van der Waals surface area contributed by atoms with Crippen molar-refractivity contribution < 1.29 is 9.15 Å². The van der Waals surface area contributed by atoms with Crippen LogP contribution in [0.15, 0.2) is 52.0 Å². The standard InChI is InChI=1S/C22H26ClN3O2S/c1-16-3-4-19(15-20(16)23)29-25-18-13-17-5-10-28-22(17)21(14-18)24-6-2-7-26-8-11-27-12-9-26/h3-5,10,13-15,24-25H,2,6-9,11-12H2,1H3. The molecule has 2 aromatic carbocycles. The Hall–Kier alpha value is -1.86. The zero-order valence-electron chi connectivity index (χ0n) is 16.5. The molecule has 7 heteroatoms. The van der Waals surface area contributed by atoms with E-state index in [0.717, 1.165) is 83.6 Å². The average molecular weight is 432 g/mol. The first-order valence-electron chi connectivity index (χ1n) is 9.93. The second-order valence-electron chi connectivity index (χ2n) is 7.21. The highest BCUT2D eigenvalue weighted by atomic mass is 35.5. The van der Waals surface area contributed by atoms with E-state index in [9.17, 15) is 0 Å². The number of furan rings is 1. The van der Waals surface area contributed by atoms with Crippen molar-refractivity contribution in [2.75, 3.05) is 49.4 Å². The van der Waals surface area contributed by atoms with Crippen LogP contribution in [0, 0.1) is 6.92 Å². The number of halogens is 1. The van der Waals surface area contributed by atoms with Gasteiger partial charge in [-0.1, -0.05) is 17.7 Å². The smallest absolute Gasteiger partial charge is 0.157 e. The van der Waals surface area contributed by atoms with Crippen LogP contribution in [0.25, 0.3) is 11.0 Å². The molecule has 4 rings (SSSR count). The van der Waals surface area contributed by atoms with Crippen LogP contribution in [0.1, 0.15) is 12.0 Å². The number of hydrogen-bond donors (Lipinski definition) is 2. The Labute approximate surface area is 180 Å². The second kappa shape index (κ2) is 9.76. The summed E-state index contributed by atoms with van der Waals surface area (Å²) in [5.74, 6) is 0. The number of hydrogen-bond acceptors (Lipinski definition) is 6. The van der Waals surface area contributed by atoms with Gasteiger partial charge in [0.25, 0.3) is 0 Å². The van der Waals surface area contributed by atoms with Crippen LogP contribution in [0.2, 0.25) is 5.02 Å². The molecule has 3 aromatic rings. The second-order valence-corrected chi connectivity index (χ2v) is 8.50. The Morgan fingerprint density at radius 1 is 1.14 bits per heavy atom. The number of nitrogens with zero attached hydrogens (tertiary/aromatic N) is 1. The number of ether oxygens (including phenoxy) is 1. The fraction of sp³-hybridized carbons (Fsp3) is 0.364. The highest BCUT2D eigenvalue weighted by Gasteiger charge is 2.11. The first-order chi connectivity index (χ1) is 14.2. The molecule has 1 aliphatic heterocycles. The molecule has 0 amide bonds. The molecule has 0 unspecified atom stereocenters. The molecular weight excluding hydrogens is 406 g/mol. The van der Waals surface area contributed by atoms with Crippen LogP contribution in [0.4, 0.5) is 11.4 Å². The van der Waals surface area contributed by atoms with Gasteiger partial charge >= 0.3 is 0 Å². The summed E-state index contributed by atoms with van der Waals surface area (Å²) in [7, 11) is 0. The average Bonchev–Trinajstić information content (AvgIpc) is 3.21. The summed E-state index contributed by atoms with van der Waals surface area (Å²) in [5.41, 5.74) is 4.01. The SMILES string of the molecule is Cc1ccc(SNc2cc(NCCCN3CCOCC3)c3occc3c2)cc1Cl. The van der Waals surface area contributed by atoms with Crippen molar-refractivity contribution in [1.29, 1.82) is 0 Å². The first kappa shape index (κ1) is 20.4. The molecule has 1 aromatic heterocycles. The van der Waals surface area contributed by atoms with E-state index >= 15 is 0 Å². The van der Waals surface area contributed by atoms with Crippen LogP contribution >= 0.6 is 23.5 Å².